The van der Waals surface area contributed by atoms with Crippen molar-refractivity contribution in [3.8, 4) is 16.9 Å². The number of nitrogens with zero attached hydrogens (tertiary/aromatic N) is 4. The van der Waals surface area contributed by atoms with Crippen molar-refractivity contribution in [2.45, 2.75) is 19.8 Å². The van der Waals surface area contributed by atoms with Gasteiger partial charge in [-0.15, -0.1) is 10.2 Å². The second-order valence-electron chi connectivity index (χ2n) is 6.32. The Morgan fingerprint density at radius 1 is 1.08 bits per heavy atom. The van der Waals surface area contributed by atoms with Gasteiger partial charge in [0.15, 0.2) is 5.65 Å². The van der Waals surface area contributed by atoms with E-state index in [4.69, 9.17) is 4.74 Å². The Hall–Kier alpha value is -3.21. The molecule has 130 valence electrons. The van der Waals surface area contributed by atoms with Crippen LogP contribution in [0.25, 0.3) is 16.8 Å². The fourth-order valence-corrected chi connectivity index (χ4v) is 3.28. The molecule has 3 heterocycles. The van der Waals surface area contributed by atoms with Gasteiger partial charge in [0.2, 0.25) is 0 Å². The van der Waals surface area contributed by atoms with Crippen molar-refractivity contribution in [2.24, 2.45) is 0 Å². The van der Waals surface area contributed by atoms with Crippen molar-refractivity contribution in [1.82, 2.24) is 19.6 Å². The number of methoxy groups -OCH3 is 1. The zero-order chi connectivity index (χ0) is 17.9. The summed E-state index contributed by atoms with van der Waals surface area (Å²) in [5.41, 5.74) is 6.55. The molecule has 0 saturated heterocycles. The first kappa shape index (κ1) is 16.3. The molecular weight excluding hydrogens is 324 g/mol. The molecular formula is C21H20N4O. The van der Waals surface area contributed by atoms with Gasteiger partial charge >= 0.3 is 0 Å². The Bertz CT molecular complexity index is 1040. The van der Waals surface area contributed by atoms with Crippen molar-refractivity contribution in [1.29, 1.82) is 0 Å². The lowest BCUT2D eigenvalue weighted by Crippen LogP contribution is -2.02. The molecule has 5 nitrogen and oxygen atoms in total. The molecule has 0 saturated carbocycles. The number of aryl methyl sites for hydroxylation is 3. The fourth-order valence-electron chi connectivity index (χ4n) is 3.28. The predicted molar refractivity (Wildman–Crippen MR) is 101 cm³/mol. The first-order valence-corrected chi connectivity index (χ1v) is 8.62. The van der Waals surface area contributed by atoms with Crippen LogP contribution in [-0.4, -0.2) is 26.7 Å². The molecule has 0 atom stereocenters. The lowest BCUT2D eigenvalue weighted by atomic mass is 10.0. The van der Waals surface area contributed by atoms with Crippen LogP contribution in [0.15, 0.2) is 61.2 Å². The number of ether oxygens (including phenoxy) is 1. The molecule has 0 N–H and O–H groups in total. The van der Waals surface area contributed by atoms with Gasteiger partial charge in [-0.2, -0.15) is 0 Å². The average Bonchev–Trinajstić information content (AvgIpc) is 3.17. The van der Waals surface area contributed by atoms with E-state index in [2.05, 4.69) is 50.8 Å². The third-order valence-electron chi connectivity index (χ3n) is 4.60. The highest BCUT2D eigenvalue weighted by Gasteiger charge is 2.11. The molecule has 5 heteroatoms. The van der Waals surface area contributed by atoms with E-state index in [1.165, 1.54) is 16.8 Å². The zero-order valence-corrected chi connectivity index (χ0v) is 14.9. The molecule has 3 aromatic heterocycles. The van der Waals surface area contributed by atoms with Crippen LogP contribution in [-0.2, 0) is 12.8 Å². The van der Waals surface area contributed by atoms with Gasteiger partial charge in [0.05, 0.1) is 7.11 Å². The highest BCUT2D eigenvalue weighted by atomic mass is 16.5. The molecule has 4 aromatic rings. The molecule has 0 aliphatic heterocycles. The molecule has 1 aromatic carbocycles. The Morgan fingerprint density at radius 2 is 2.00 bits per heavy atom. The van der Waals surface area contributed by atoms with Gasteiger partial charge in [-0.3, -0.25) is 9.38 Å². The lowest BCUT2D eigenvalue weighted by molar-refractivity contribution is 0.409. The molecule has 0 unspecified atom stereocenters. The van der Waals surface area contributed by atoms with Crippen LogP contribution in [0.2, 0.25) is 0 Å². The van der Waals surface area contributed by atoms with Gasteiger partial charge in [-0.1, -0.05) is 23.8 Å². The summed E-state index contributed by atoms with van der Waals surface area (Å²) in [6, 6.07) is 14.5. The van der Waals surface area contributed by atoms with Crippen molar-refractivity contribution in [3.63, 3.8) is 0 Å². The normalized spacial score (nSPS) is 11.0. The minimum atomic E-state index is 0.853. The molecule has 4 rings (SSSR count). The van der Waals surface area contributed by atoms with E-state index in [0.29, 0.717) is 0 Å². The zero-order valence-electron chi connectivity index (χ0n) is 14.9. The molecule has 0 fully saturated rings. The average molecular weight is 344 g/mol. The quantitative estimate of drug-likeness (QED) is 0.551. The number of fused-ring (bicyclic) bond motifs is 1. The molecule has 0 amide bonds. The van der Waals surface area contributed by atoms with Gasteiger partial charge in [-0.25, -0.2) is 0 Å². The summed E-state index contributed by atoms with van der Waals surface area (Å²) < 4.78 is 7.56. The smallest absolute Gasteiger partial charge is 0.168 e. The minimum absolute atomic E-state index is 0.853. The first-order chi connectivity index (χ1) is 12.8. The molecule has 0 radical (unpaired) electrons. The second-order valence-corrected chi connectivity index (χ2v) is 6.32. The topological polar surface area (TPSA) is 52.3 Å². The highest BCUT2D eigenvalue weighted by molar-refractivity contribution is 5.76. The minimum Gasteiger partial charge on any atom is -0.496 e. The van der Waals surface area contributed by atoms with Crippen LogP contribution in [0, 0.1) is 6.92 Å². The molecule has 0 spiro atoms. The standard InChI is InChI=1S/C21H20N4O/c1-15-5-10-20(26-2)16(12-15)6-7-18-8-9-19(17-4-3-11-22-13-17)21-24-23-14-25(18)21/h3-5,8-14H,6-7H2,1-2H3. The first-order valence-electron chi connectivity index (χ1n) is 8.62. The lowest BCUT2D eigenvalue weighted by Gasteiger charge is -2.11. The van der Waals surface area contributed by atoms with Crippen LogP contribution in [0.3, 0.4) is 0 Å². The van der Waals surface area contributed by atoms with Crippen molar-refractivity contribution < 1.29 is 4.74 Å². The van der Waals surface area contributed by atoms with Crippen LogP contribution in [0.5, 0.6) is 5.75 Å². The maximum absolute atomic E-state index is 5.50. The number of aromatic nitrogens is 4. The summed E-state index contributed by atoms with van der Waals surface area (Å²) in [6.45, 7) is 2.10. The van der Waals surface area contributed by atoms with E-state index >= 15 is 0 Å². The fraction of sp³-hybridized carbons (Fsp3) is 0.190. The van der Waals surface area contributed by atoms with Gasteiger partial charge in [0, 0.05) is 29.2 Å². The predicted octanol–water partition coefficient (Wildman–Crippen LogP) is 3.89. The number of benzene rings is 1. The summed E-state index contributed by atoms with van der Waals surface area (Å²) >= 11 is 0. The summed E-state index contributed by atoms with van der Waals surface area (Å²) in [6.07, 6.45) is 7.17. The van der Waals surface area contributed by atoms with E-state index in [1.54, 1.807) is 19.6 Å². The number of hydrogen-bond acceptors (Lipinski definition) is 4. The number of hydrogen-bond donors (Lipinski definition) is 0. The number of rotatable bonds is 5. The summed E-state index contributed by atoms with van der Waals surface area (Å²) in [7, 11) is 1.72. The Balaban J connectivity index is 1.67. The van der Waals surface area contributed by atoms with E-state index in [9.17, 15) is 0 Å². The second kappa shape index (κ2) is 6.96. The van der Waals surface area contributed by atoms with E-state index < -0.39 is 0 Å². The summed E-state index contributed by atoms with van der Waals surface area (Å²) in [5, 5.41) is 8.44. The van der Waals surface area contributed by atoms with Crippen molar-refractivity contribution in [2.75, 3.05) is 7.11 Å². The summed E-state index contributed by atoms with van der Waals surface area (Å²) in [5.74, 6) is 0.933. The monoisotopic (exact) mass is 344 g/mol. The number of pyridine rings is 2. The molecule has 0 aliphatic rings. The Labute approximate surface area is 152 Å². The maximum atomic E-state index is 5.50. The van der Waals surface area contributed by atoms with Crippen molar-refractivity contribution in [3.05, 3.63) is 78.0 Å². The van der Waals surface area contributed by atoms with Gasteiger partial charge in [0.25, 0.3) is 0 Å². The van der Waals surface area contributed by atoms with Crippen LogP contribution >= 0.6 is 0 Å². The van der Waals surface area contributed by atoms with Gasteiger partial charge < -0.3 is 4.74 Å². The largest absolute Gasteiger partial charge is 0.496 e. The van der Waals surface area contributed by atoms with Crippen molar-refractivity contribution >= 4 is 5.65 Å². The summed E-state index contributed by atoms with van der Waals surface area (Å²) in [4.78, 5) is 4.21. The van der Waals surface area contributed by atoms with Crippen LogP contribution in [0.1, 0.15) is 16.8 Å². The Kier molecular flexibility index (Phi) is 4.35. The van der Waals surface area contributed by atoms with Crippen LogP contribution < -0.4 is 4.74 Å². The molecule has 26 heavy (non-hydrogen) atoms. The van der Waals surface area contributed by atoms with Gasteiger partial charge in [0.1, 0.15) is 12.1 Å². The SMILES string of the molecule is COc1ccc(C)cc1CCc1ccc(-c2cccnc2)c2nncn12. The molecule has 0 aliphatic carbocycles. The van der Waals surface area contributed by atoms with E-state index in [1.807, 2.05) is 24.4 Å². The van der Waals surface area contributed by atoms with Gasteiger partial charge in [-0.05, 0) is 49.6 Å². The maximum Gasteiger partial charge on any atom is 0.168 e. The third kappa shape index (κ3) is 3.04. The van der Waals surface area contributed by atoms with E-state index in [-0.39, 0.29) is 0 Å². The van der Waals surface area contributed by atoms with E-state index in [0.717, 1.165) is 35.4 Å². The Morgan fingerprint density at radius 3 is 2.81 bits per heavy atom. The van der Waals surface area contributed by atoms with Crippen LogP contribution in [0.4, 0.5) is 0 Å². The molecule has 0 bridgehead atoms. The third-order valence-corrected chi connectivity index (χ3v) is 4.60. The highest BCUT2D eigenvalue weighted by Crippen LogP contribution is 2.25.